The summed E-state index contributed by atoms with van der Waals surface area (Å²) in [6.45, 7) is 0. The van der Waals surface area contributed by atoms with Crippen LogP contribution in [0, 0.1) is 0 Å². The molecule has 1 rings (SSSR count). The van der Waals surface area contributed by atoms with Crippen LogP contribution in [0.1, 0.15) is 6.42 Å². The second-order valence-corrected chi connectivity index (χ2v) is 3.89. The number of carbonyl (C=O) groups is 1. The number of carboxylic acid groups (broad SMARTS) is 1. The van der Waals surface area contributed by atoms with Gasteiger partial charge in [0.1, 0.15) is 6.04 Å². The van der Waals surface area contributed by atoms with Gasteiger partial charge in [-0.05, 0) is 36.9 Å². The second kappa shape index (κ2) is 4.48. The molecule has 0 saturated heterocycles. The zero-order valence-corrected chi connectivity index (χ0v) is 8.54. The van der Waals surface area contributed by atoms with Crippen molar-refractivity contribution < 1.29 is 9.90 Å². The van der Waals surface area contributed by atoms with E-state index >= 15 is 0 Å². The third-order valence-electron chi connectivity index (χ3n) is 1.85. The van der Waals surface area contributed by atoms with Gasteiger partial charge >= 0.3 is 5.97 Å². The lowest BCUT2D eigenvalue weighted by Gasteiger charge is -2.23. The molecular formula is C9H13NO2S. The number of thioether (sulfide) groups is 1. The monoisotopic (exact) mass is 199 g/mol. The fourth-order valence-corrected chi connectivity index (χ4v) is 1.99. The highest BCUT2D eigenvalue weighted by Gasteiger charge is 2.24. The zero-order chi connectivity index (χ0) is 9.84. The molecule has 1 heterocycles. The minimum Gasteiger partial charge on any atom is -0.480 e. The summed E-state index contributed by atoms with van der Waals surface area (Å²) in [4.78, 5) is 12.6. The van der Waals surface area contributed by atoms with Gasteiger partial charge in [-0.15, -0.1) is 11.8 Å². The van der Waals surface area contributed by atoms with Crippen LogP contribution in [0.25, 0.3) is 0 Å². The summed E-state index contributed by atoms with van der Waals surface area (Å²) >= 11 is 1.53. The summed E-state index contributed by atoms with van der Waals surface area (Å²) in [5.74, 6) is -0.785. The Morgan fingerprint density at radius 2 is 2.38 bits per heavy atom. The average Bonchev–Trinajstić information content (AvgIpc) is 2.04. The van der Waals surface area contributed by atoms with Crippen molar-refractivity contribution in [1.29, 1.82) is 0 Å². The molecule has 13 heavy (non-hydrogen) atoms. The van der Waals surface area contributed by atoms with Gasteiger partial charge in [0.2, 0.25) is 0 Å². The molecule has 72 valence electrons. The van der Waals surface area contributed by atoms with Crippen LogP contribution in [0.3, 0.4) is 0 Å². The van der Waals surface area contributed by atoms with Gasteiger partial charge in [0.05, 0.1) is 0 Å². The highest BCUT2D eigenvalue weighted by atomic mass is 32.2. The van der Waals surface area contributed by atoms with Crippen LogP contribution in [0.4, 0.5) is 0 Å². The molecule has 4 heteroatoms. The van der Waals surface area contributed by atoms with Crippen LogP contribution in [0.15, 0.2) is 22.5 Å². The van der Waals surface area contributed by atoms with E-state index in [0.717, 1.165) is 12.0 Å². The lowest BCUT2D eigenvalue weighted by Crippen LogP contribution is -2.37. The molecule has 0 saturated carbocycles. The first-order valence-electron chi connectivity index (χ1n) is 4.01. The van der Waals surface area contributed by atoms with E-state index < -0.39 is 12.0 Å². The average molecular weight is 199 g/mol. The van der Waals surface area contributed by atoms with Crippen LogP contribution < -0.4 is 0 Å². The fourth-order valence-electron chi connectivity index (χ4n) is 1.30. The van der Waals surface area contributed by atoms with Gasteiger partial charge in [0, 0.05) is 0 Å². The third-order valence-corrected chi connectivity index (χ3v) is 2.64. The van der Waals surface area contributed by atoms with Crippen molar-refractivity contribution in [3.8, 4) is 0 Å². The van der Waals surface area contributed by atoms with E-state index in [1.54, 1.807) is 19.0 Å². The quantitative estimate of drug-likeness (QED) is 0.748. The highest BCUT2D eigenvalue weighted by molar-refractivity contribution is 8.05. The van der Waals surface area contributed by atoms with Gasteiger partial charge in [-0.1, -0.05) is 6.08 Å². The summed E-state index contributed by atoms with van der Waals surface area (Å²) in [6, 6.07) is -0.488. The number of allylic oxidation sites excluding steroid dienone is 1. The van der Waals surface area contributed by atoms with Gasteiger partial charge in [-0.2, -0.15) is 0 Å². The molecule has 1 atom stereocenters. The Morgan fingerprint density at radius 3 is 2.77 bits per heavy atom. The van der Waals surface area contributed by atoms with Gasteiger partial charge in [-0.25, -0.2) is 0 Å². The summed E-state index contributed by atoms with van der Waals surface area (Å²) in [5, 5.41) is 12.9. The molecule has 0 spiro atoms. The maximum absolute atomic E-state index is 10.9. The number of rotatable bonds is 3. The number of hydrogen-bond donors (Lipinski definition) is 1. The predicted molar refractivity (Wildman–Crippen MR) is 54.5 cm³/mol. The van der Waals surface area contributed by atoms with Gasteiger partial charge in [-0.3, -0.25) is 9.69 Å². The predicted octanol–water partition coefficient (Wildman–Crippen LogP) is 1.54. The van der Waals surface area contributed by atoms with Crippen molar-refractivity contribution in [2.45, 2.75) is 12.5 Å². The summed E-state index contributed by atoms with van der Waals surface area (Å²) in [5.41, 5.74) is 0.949. The standard InChI is InChI=1S/C9H13NO2S/c1-10(2)8(9(11)12)7-4-3-5-13-6-7/h3,5-6,8H,4H2,1-2H3,(H,11,12). The number of likely N-dealkylation sites (N-methyl/N-ethyl adjacent to an activating group) is 1. The van der Waals surface area contributed by atoms with Crippen molar-refractivity contribution in [3.05, 3.63) is 22.5 Å². The van der Waals surface area contributed by atoms with Crippen molar-refractivity contribution in [3.63, 3.8) is 0 Å². The molecular weight excluding hydrogens is 186 g/mol. The lowest BCUT2D eigenvalue weighted by atomic mass is 10.1. The van der Waals surface area contributed by atoms with E-state index in [4.69, 9.17) is 5.11 Å². The van der Waals surface area contributed by atoms with E-state index in [9.17, 15) is 4.79 Å². The lowest BCUT2D eigenvalue weighted by molar-refractivity contribution is -0.140. The molecule has 0 fully saturated rings. The van der Waals surface area contributed by atoms with E-state index in [0.29, 0.717) is 0 Å². The zero-order valence-electron chi connectivity index (χ0n) is 7.73. The van der Waals surface area contributed by atoms with E-state index in [1.165, 1.54) is 11.8 Å². The topological polar surface area (TPSA) is 40.5 Å². The smallest absolute Gasteiger partial charge is 0.325 e. The number of aliphatic carboxylic acids is 1. The van der Waals surface area contributed by atoms with Crippen LogP contribution >= 0.6 is 11.8 Å². The molecule has 1 N–H and O–H groups in total. The molecule has 0 aromatic heterocycles. The van der Waals surface area contributed by atoms with E-state index in [-0.39, 0.29) is 0 Å². The van der Waals surface area contributed by atoms with E-state index in [1.807, 2.05) is 16.9 Å². The summed E-state index contributed by atoms with van der Waals surface area (Å²) in [7, 11) is 3.56. The SMILES string of the molecule is CN(C)C(C(=O)O)C1=CSC=CC1. The molecule has 0 aliphatic carbocycles. The number of nitrogens with zero attached hydrogens (tertiary/aromatic N) is 1. The first kappa shape index (κ1) is 10.3. The largest absolute Gasteiger partial charge is 0.480 e. The maximum Gasteiger partial charge on any atom is 0.325 e. The summed E-state index contributed by atoms with van der Waals surface area (Å²) in [6.07, 6.45) is 2.72. The van der Waals surface area contributed by atoms with Crippen molar-refractivity contribution in [2.75, 3.05) is 14.1 Å². The molecule has 0 amide bonds. The normalized spacial score (nSPS) is 18.5. The maximum atomic E-state index is 10.9. The Bertz CT molecular complexity index is 258. The molecule has 0 aromatic rings. The Labute approximate surface area is 82.1 Å². The number of hydrogen-bond acceptors (Lipinski definition) is 3. The molecule has 1 unspecified atom stereocenters. The Kier molecular flexibility index (Phi) is 3.57. The van der Waals surface area contributed by atoms with Crippen LogP contribution in [0.5, 0.6) is 0 Å². The minimum absolute atomic E-state index is 0.488. The van der Waals surface area contributed by atoms with Crippen molar-refractivity contribution >= 4 is 17.7 Å². The third kappa shape index (κ3) is 2.60. The van der Waals surface area contributed by atoms with Gasteiger partial charge < -0.3 is 5.11 Å². The fraction of sp³-hybridized carbons (Fsp3) is 0.444. The molecule has 1 aliphatic heterocycles. The van der Waals surface area contributed by atoms with Crippen molar-refractivity contribution in [2.24, 2.45) is 0 Å². The highest BCUT2D eigenvalue weighted by Crippen LogP contribution is 2.23. The van der Waals surface area contributed by atoms with Crippen LogP contribution in [-0.2, 0) is 4.79 Å². The molecule has 0 bridgehead atoms. The van der Waals surface area contributed by atoms with E-state index in [2.05, 4.69) is 0 Å². The molecule has 0 aromatic carbocycles. The Morgan fingerprint density at radius 1 is 1.69 bits per heavy atom. The number of carboxylic acids is 1. The van der Waals surface area contributed by atoms with Gasteiger partial charge in [0.15, 0.2) is 0 Å². The first-order valence-corrected chi connectivity index (χ1v) is 4.96. The summed E-state index contributed by atoms with van der Waals surface area (Å²) < 4.78 is 0. The molecule has 3 nitrogen and oxygen atoms in total. The minimum atomic E-state index is -0.785. The van der Waals surface area contributed by atoms with Crippen LogP contribution in [-0.4, -0.2) is 36.1 Å². The van der Waals surface area contributed by atoms with Crippen molar-refractivity contribution in [1.82, 2.24) is 4.90 Å². The second-order valence-electron chi connectivity index (χ2n) is 3.11. The molecule has 1 aliphatic rings. The Hall–Kier alpha value is -0.740. The molecule has 0 radical (unpaired) electrons. The van der Waals surface area contributed by atoms with Gasteiger partial charge in [0.25, 0.3) is 0 Å². The Balaban J connectivity index is 2.75. The first-order chi connectivity index (χ1) is 6.13. The van der Waals surface area contributed by atoms with Crippen LogP contribution in [0.2, 0.25) is 0 Å².